The molecule has 1 aromatic heterocycles. The van der Waals surface area contributed by atoms with Crippen molar-refractivity contribution in [1.82, 2.24) is 9.88 Å². The number of benzene rings is 1. The van der Waals surface area contributed by atoms with Crippen LogP contribution in [0.2, 0.25) is 0 Å². The lowest BCUT2D eigenvalue weighted by Gasteiger charge is -2.32. The van der Waals surface area contributed by atoms with Crippen LogP contribution in [0, 0.1) is 5.92 Å². The zero-order chi connectivity index (χ0) is 17.8. The molecule has 1 atom stereocenters. The molecule has 0 bridgehead atoms. The molecule has 0 spiro atoms. The van der Waals surface area contributed by atoms with Crippen LogP contribution in [-0.2, 0) is 11.3 Å². The van der Waals surface area contributed by atoms with E-state index < -0.39 is 0 Å². The SMILES string of the molecule is CSc1ccc2cc(CN3CCC[C@@H](CCC(N)=O)C3)c(=O)[nH]c2c1. The van der Waals surface area contributed by atoms with Gasteiger partial charge in [-0.3, -0.25) is 14.5 Å². The van der Waals surface area contributed by atoms with E-state index in [0.29, 0.717) is 18.9 Å². The van der Waals surface area contributed by atoms with E-state index in [4.69, 9.17) is 5.73 Å². The lowest BCUT2D eigenvalue weighted by Crippen LogP contribution is -2.36. The average Bonchev–Trinajstić information content (AvgIpc) is 2.60. The zero-order valence-corrected chi connectivity index (χ0v) is 15.4. The van der Waals surface area contributed by atoms with Gasteiger partial charge < -0.3 is 10.7 Å². The third-order valence-corrected chi connectivity index (χ3v) is 5.65. The van der Waals surface area contributed by atoms with Gasteiger partial charge >= 0.3 is 0 Å². The normalized spacial score (nSPS) is 18.5. The van der Waals surface area contributed by atoms with Gasteiger partial charge in [0.05, 0.1) is 0 Å². The van der Waals surface area contributed by atoms with Crippen molar-refractivity contribution in [3.8, 4) is 0 Å². The molecule has 2 aromatic rings. The van der Waals surface area contributed by atoms with Crippen LogP contribution in [0.4, 0.5) is 0 Å². The van der Waals surface area contributed by atoms with Crippen molar-refractivity contribution in [2.45, 2.75) is 37.1 Å². The highest BCUT2D eigenvalue weighted by molar-refractivity contribution is 7.98. The van der Waals surface area contributed by atoms with Gasteiger partial charge in [-0.15, -0.1) is 11.8 Å². The number of hydrogen-bond acceptors (Lipinski definition) is 4. The van der Waals surface area contributed by atoms with Crippen LogP contribution in [0.5, 0.6) is 0 Å². The van der Waals surface area contributed by atoms with Gasteiger partial charge in [-0.2, -0.15) is 0 Å². The number of amides is 1. The molecule has 0 aliphatic carbocycles. The second-order valence-electron chi connectivity index (χ2n) is 6.83. The van der Waals surface area contributed by atoms with E-state index in [-0.39, 0.29) is 11.5 Å². The summed E-state index contributed by atoms with van der Waals surface area (Å²) in [6.45, 7) is 2.58. The number of carbonyl (C=O) groups excluding carboxylic acids is 1. The van der Waals surface area contributed by atoms with Gasteiger partial charge in [-0.25, -0.2) is 0 Å². The second kappa shape index (κ2) is 8.06. The number of aromatic nitrogens is 1. The fourth-order valence-electron chi connectivity index (χ4n) is 3.59. The van der Waals surface area contributed by atoms with Gasteiger partial charge in [0.15, 0.2) is 0 Å². The third kappa shape index (κ3) is 4.64. The quantitative estimate of drug-likeness (QED) is 0.777. The standard InChI is InChI=1S/C19H25N3O2S/c1-25-16-6-5-14-9-15(19(24)21-17(14)10-16)12-22-8-2-3-13(11-22)4-7-18(20)23/h5-6,9-10,13H,2-4,7-8,11-12H2,1H3,(H2,20,23)(H,21,24)/t13-/m0/s1. The van der Waals surface area contributed by atoms with Crippen molar-refractivity contribution in [3.63, 3.8) is 0 Å². The van der Waals surface area contributed by atoms with E-state index in [2.05, 4.69) is 22.0 Å². The topological polar surface area (TPSA) is 79.2 Å². The Hall–Kier alpha value is -1.79. The molecule has 3 N–H and O–H groups in total. The largest absolute Gasteiger partial charge is 0.370 e. The van der Waals surface area contributed by atoms with E-state index in [1.54, 1.807) is 11.8 Å². The van der Waals surface area contributed by atoms with Gasteiger partial charge in [0, 0.05) is 35.5 Å². The van der Waals surface area contributed by atoms with Crippen molar-refractivity contribution in [2.75, 3.05) is 19.3 Å². The second-order valence-corrected chi connectivity index (χ2v) is 7.70. The Morgan fingerprint density at radius 1 is 1.40 bits per heavy atom. The van der Waals surface area contributed by atoms with Crippen LogP contribution in [0.15, 0.2) is 34.0 Å². The van der Waals surface area contributed by atoms with E-state index in [1.165, 1.54) is 0 Å². The van der Waals surface area contributed by atoms with Gasteiger partial charge in [0.2, 0.25) is 5.91 Å². The van der Waals surface area contributed by atoms with Crippen molar-refractivity contribution in [3.05, 3.63) is 40.2 Å². The Morgan fingerprint density at radius 3 is 3.00 bits per heavy atom. The fraction of sp³-hybridized carbons (Fsp3) is 0.474. The van der Waals surface area contributed by atoms with Crippen LogP contribution >= 0.6 is 11.8 Å². The summed E-state index contributed by atoms with van der Waals surface area (Å²) in [5.41, 5.74) is 6.95. The van der Waals surface area contributed by atoms with Gasteiger partial charge in [-0.05, 0) is 61.6 Å². The number of H-pyrrole nitrogens is 1. The van der Waals surface area contributed by atoms with E-state index >= 15 is 0 Å². The van der Waals surface area contributed by atoms with E-state index in [0.717, 1.165) is 53.7 Å². The van der Waals surface area contributed by atoms with Crippen molar-refractivity contribution in [1.29, 1.82) is 0 Å². The molecule has 1 aromatic carbocycles. The smallest absolute Gasteiger partial charge is 0.252 e. The number of nitrogens with two attached hydrogens (primary N) is 1. The lowest BCUT2D eigenvalue weighted by molar-refractivity contribution is -0.118. The summed E-state index contributed by atoms with van der Waals surface area (Å²) in [7, 11) is 0. The number of pyridine rings is 1. The van der Waals surface area contributed by atoms with Crippen LogP contribution in [0.1, 0.15) is 31.2 Å². The first kappa shape index (κ1) is 18.0. The average molecular weight is 359 g/mol. The van der Waals surface area contributed by atoms with Gasteiger partial charge in [0.1, 0.15) is 0 Å². The van der Waals surface area contributed by atoms with E-state index in [1.807, 2.05) is 18.4 Å². The van der Waals surface area contributed by atoms with Crippen molar-refractivity contribution in [2.24, 2.45) is 11.7 Å². The summed E-state index contributed by atoms with van der Waals surface area (Å²) in [5, 5.41) is 1.06. The number of primary amides is 1. The zero-order valence-electron chi connectivity index (χ0n) is 14.6. The van der Waals surface area contributed by atoms with Crippen LogP contribution < -0.4 is 11.3 Å². The summed E-state index contributed by atoms with van der Waals surface area (Å²) in [6.07, 6.45) is 5.56. The highest BCUT2D eigenvalue weighted by Gasteiger charge is 2.21. The summed E-state index contributed by atoms with van der Waals surface area (Å²) in [6, 6.07) is 8.17. The fourth-order valence-corrected chi connectivity index (χ4v) is 4.03. The maximum Gasteiger partial charge on any atom is 0.252 e. The number of hydrogen-bond donors (Lipinski definition) is 2. The molecule has 0 unspecified atom stereocenters. The third-order valence-electron chi connectivity index (χ3n) is 4.93. The van der Waals surface area contributed by atoms with Crippen LogP contribution in [-0.4, -0.2) is 35.1 Å². The molecule has 25 heavy (non-hydrogen) atoms. The Kier molecular flexibility index (Phi) is 5.81. The molecular formula is C19H25N3O2S. The molecule has 0 radical (unpaired) electrons. The summed E-state index contributed by atoms with van der Waals surface area (Å²) in [5.74, 6) is 0.262. The van der Waals surface area contributed by atoms with Crippen LogP contribution in [0.25, 0.3) is 10.9 Å². The Labute approximate surface area is 152 Å². The predicted molar refractivity (Wildman–Crippen MR) is 103 cm³/mol. The number of piperidine rings is 1. The first-order valence-corrected chi connectivity index (χ1v) is 9.98. The number of rotatable bonds is 6. The molecular weight excluding hydrogens is 334 g/mol. The molecule has 3 rings (SSSR count). The molecule has 1 aliphatic heterocycles. The lowest BCUT2D eigenvalue weighted by atomic mass is 9.93. The Morgan fingerprint density at radius 2 is 2.24 bits per heavy atom. The Bertz CT molecular complexity index is 818. The first-order valence-electron chi connectivity index (χ1n) is 8.76. The number of aromatic amines is 1. The van der Waals surface area contributed by atoms with E-state index in [9.17, 15) is 9.59 Å². The highest BCUT2D eigenvalue weighted by atomic mass is 32.2. The number of fused-ring (bicyclic) bond motifs is 1. The molecule has 5 nitrogen and oxygen atoms in total. The predicted octanol–water partition coefficient (Wildman–Crippen LogP) is 2.73. The number of nitrogens with zero attached hydrogens (tertiary/aromatic N) is 1. The number of thioether (sulfide) groups is 1. The monoisotopic (exact) mass is 359 g/mol. The molecule has 6 heteroatoms. The number of carbonyl (C=O) groups is 1. The first-order chi connectivity index (χ1) is 12.0. The molecule has 1 saturated heterocycles. The Balaban J connectivity index is 1.72. The minimum Gasteiger partial charge on any atom is -0.370 e. The molecule has 1 fully saturated rings. The molecule has 134 valence electrons. The summed E-state index contributed by atoms with van der Waals surface area (Å²) < 4.78 is 0. The van der Waals surface area contributed by atoms with Crippen molar-refractivity contribution >= 4 is 28.6 Å². The summed E-state index contributed by atoms with van der Waals surface area (Å²) in [4.78, 5) is 29.9. The molecule has 1 amide bonds. The molecule has 1 aliphatic rings. The summed E-state index contributed by atoms with van der Waals surface area (Å²) >= 11 is 1.67. The maximum absolute atomic E-state index is 12.5. The number of likely N-dealkylation sites (tertiary alicyclic amines) is 1. The molecule has 2 heterocycles. The van der Waals surface area contributed by atoms with Crippen LogP contribution in [0.3, 0.4) is 0 Å². The minimum atomic E-state index is -0.229. The maximum atomic E-state index is 12.5. The minimum absolute atomic E-state index is 0.00925. The van der Waals surface area contributed by atoms with Crippen molar-refractivity contribution < 1.29 is 4.79 Å². The highest BCUT2D eigenvalue weighted by Crippen LogP contribution is 2.23. The van der Waals surface area contributed by atoms with Gasteiger partial charge in [-0.1, -0.05) is 6.07 Å². The van der Waals surface area contributed by atoms with Gasteiger partial charge in [0.25, 0.3) is 5.56 Å². The molecule has 0 saturated carbocycles. The number of nitrogens with one attached hydrogen (secondary N) is 1.